The van der Waals surface area contributed by atoms with Crippen LogP contribution in [0.5, 0.6) is 0 Å². The van der Waals surface area contributed by atoms with Gasteiger partial charge in [0.05, 0.1) is 0 Å². The van der Waals surface area contributed by atoms with Gasteiger partial charge >= 0.3 is 6.18 Å². The van der Waals surface area contributed by atoms with Crippen molar-refractivity contribution in [2.45, 2.75) is 31.5 Å². The van der Waals surface area contributed by atoms with Crippen molar-refractivity contribution in [3.63, 3.8) is 0 Å². The zero-order valence-electron chi connectivity index (χ0n) is 11.0. The van der Waals surface area contributed by atoms with Gasteiger partial charge in [0.15, 0.2) is 5.96 Å². The van der Waals surface area contributed by atoms with E-state index in [0.717, 1.165) is 12.8 Å². The first-order valence-corrected chi connectivity index (χ1v) is 6.28. The van der Waals surface area contributed by atoms with Crippen molar-refractivity contribution in [3.05, 3.63) is 12.2 Å². The second-order valence-electron chi connectivity index (χ2n) is 4.30. The number of halogens is 3. The first-order valence-electron chi connectivity index (χ1n) is 6.28. The van der Waals surface area contributed by atoms with Crippen LogP contribution in [0.2, 0.25) is 0 Å². The second-order valence-corrected chi connectivity index (χ2v) is 4.30. The molecule has 0 bridgehead atoms. The highest BCUT2D eigenvalue weighted by Crippen LogP contribution is 2.14. The largest absolute Gasteiger partial charge is 0.411 e. The lowest BCUT2D eigenvalue weighted by Gasteiger charge is -2.16. The van der Waals surface area contributed by atoms with Crippen LogP contribution >= 0.6 is 0 Å². The van der Waals surface area contributed by atoms with E-state index in [1.165, 1.54) is 0 Å². The van der Waals surface area contributed by atoms with E-state index >= 15 is 0 Å². The molecule has 0 spiro atoms. The van der Waals surface area contributed by atoms with Crippen molar-refractivity contribution in [2.24, 2.45) is 4.99 Å². The standard InChI is InChI=1S/C12H20F3N3O/c1-16-11(18-10-5-2-3-6-10)17-7-4-8-19-9-12(13,14)15/h2-3,10H,4-9H2,1H3,(H2,16,17,18). The van der Waals surface area contributed by atoms with Crippen molar-refractivity contribution in [3.8, 4) is 0 Å². The third-order valence-corrected chi connectivity index (χ3v) is 2.60. The van der Waals surface area contributed by atoms with E-state index in [-0.39, 0.29) is 6.61 Å². The molecule has 0 aromatic heterocycles. The van der Waals surface area contributed by atoms with Crippen LogP contribution in [0.25, 0.3) is 0 Å². The lowest BCUT2D eigenvalue weighted by molar-refractivity contribution is -0.173. The molecular formula is C12H20F3N3O. The summed E-state index contributed by atoms with van der Waals surface area (Å²) < 4.78 is 39.9. The fourth-order valence-electron chi connectivity index (χ4n) is 1.69. The molecule has 1 aliphatic carbocycles. The summed E-state index contributed by atoms with van der Waals surface area (Å²) in [4.78, 5) is 4.05. The molecule has 0 atom stereocenters. The Bertz CT molecular complexity index is 308. The summed E-state index contributed by atoms with van der Waals surface area (Å²) in [5.41, 5.74) is 0. The Hall–Kier alpha value is -1.24. The summed E-state index contributed by atoms with van der Waals surface area (Å²) in [7, 11) is 1.66. The number of rotatable bonds is 6. The summed E-state index contributed by atoms with van der Waals surface area (Å²) in [5.74, 6) is 0.671. The highest BCUT2D eigenvalue weighted by Gasteiger charge is 2.27. The molecule has 0 amide bonds. The number of hydrogen-bond donors (Lipinski definition) is 2. The Kier molecular flexibility index (Phi) is 6.69. The number of alkyl halides is 3. The Morgan fingerprint density at radius 2 is 2.05 bits per heavy atom. The maximum Gasteiger partial charge on any atom is 0.411 e. The van der Waals surface area contributed by atoms with Crippen molar-refractivity contribution in [1.29, 1.82) is 0 Å². The molecule has 7 heteroatoms. The number of aliphatic imine (C=N–C) groups is 1. The van der Waals surface area contributed by atoms with Gasteiger partial charge < -0.3 is 15.4 Å². The lowest BCUT2D eigenvalue weighted by Crippen LogP contribution is -2.42. The van der Waals surface area contributed by atoms with Gasteiger partial charge in [-0.3, -0.25) is 4.99 Å². The van der Waals surface area contributed by atoms with Crippen molar-refractivity contribution >= 4 is 5.96 Å². The fraction of sp³-hybridized carbons (Fsp3) is 0.750. The molecule has 1 aliphatic rings. The van der Waals surface area contributed by atoms with Gasteiger partial charge in [0, 0.05) is 26.2 Å². The molecule has 0 aromatic carbocycles. The van der Waals surface area contributed by atoms with Crippen LogP contribution in [0, 0.1) is 0 Å². The summed E-state index contributed by atoms with van der Waals surface area (Å²) in [6.45, 7) is -0.583. The maximum absolute atomic E-state index is 11.8. The monoisotopic (exact) mass is 279 g/mol. The quantitative estimate of drug-likeness (QED) is 0.337. The summed E-state index contributed by atoms with van der Waals surface area (Å²) in [6.07, 6.45) is 2.40. The zero-order chi connectivity index (χ0) is 14.1. The second kappa shape index (κ2) is 8.04. The van der Waals surface area contributed by atoms with E-state index in [1.54, 1.807) is 7.05 Å². The van der Waals surface area contributed by atoms with Crippen LogP contribution in [-0.4, -0.2) is 45.0 Å². The normalized spacial score (nSPS) is 16.9. The third-order valence-electron chi connectivity index (χ3n) is 2.60. The number of guanidine groups is 1. The molecule has 0 heterocycles. The minimum absolute atomic E-state index is 0.0779. The molecule has 0 radical (unpaired) electrons. The van der Waals surface area contributed by atoms with Crippen LogP contribution < -0.4 is 10.6 Å². The van der Waals surface area contributed by atoms with Crippen LogP contribution in [0.3, 0.4) is 0 Å². The van der Waals surface area contributed by atoms with E-state index in [4.69, 9.17) is 0 Å². The van der Waals surface area contributed by atoms with Gasteiger partial charge in [-0.05, 0) is 19.3 Å². The predicted octanol–water partition coefficient (Wildman–Crippen LogP) is 1.84. The van der Waals surface area contributed by atoms with Crippen LogP contribution in [0.15, 0.2) is 17.1 Å². The van der Waals surface area contributed by atoms with Gasteiger partial charge in [0.25, 0.3) is 0 Å². The van der Waals surface area contributed by atoms with E-state index in [0.29, 0.717) is 25.0 Å². The molecular weight excluding hydrogens is 259 g/mol. The third kappa shape index (κ3) is 7.71. The topological polar surface area (TPSA) is 45.7 Å². The van der Waals surface area contributed by atoms with Gasteiger partial charge in [-0.25, -0.2) is 0 Å². The number of nitrogens with one attached hydrogen (secondary N) is 2. The van der Waals surface area contributed by atoms with E-state index in [1.807, 2.05) is 0 Å². The molecule has 0 aromatic rings. The Labute approximate surface area is 111 Å². The molecule has 0 aliphatic heterocycles. The molecule has 0 unspecified atom stereocenters. The summed E-state index contributed by atoms with van der Waals surface area (Å²) in [6, 6.07) is 0.354. The Balaban J connectivity index is 2.03. The van der Waals surface area contributed by atoms with Gasteiger partial charge in [-0.1, -0.05) is 12.2 Å². The smallest absolute Gasteiger partial charge is 0.372 e. The summed E-state index contributed by atoms with van der Waals surface area (Å²) in [5, 5.41) is 6.28. The van der Waals surface area contributed by atoms with Gasteiger partial charge in [0.2, 0.25) is 0 Å². The molecule has 19 heavy (non-hydrogen) atoms. The number of ether oxygens (including phenoxy) is 1. The molecule has 2 N–H and O–H groups in total. The SMILES string of the molecule is CN=C(NCCCOCC(F)(F)F)NC1CC=CC1. The number of nitrogens with zero attached hydrogens (tertiary/aromatic N) is 1. The van der Waals surface area contributed by atoms with E-state index in [2.05, 4.69) is 32.5 Å². The van der Waals surface area contributed by atoms with Gasteiger partial charge in [0.1, 0.15) is 6.61 Å². The average molecular weight is 279 g/mol. The molecule has 110 valence electrons. The molecule has 1 rings (SSSR count). The molecule has 0 saturated carbocycles. The zero-order valence-corrected chi connectivity index (χ0v) is 11.0. The first-order chi connectivity index (χ1) is 9.01. The molecule has 4 nitrogen and oxygen atoms in total. The van der Waals surface area contributed by atoms with Crippen molar-refractivity contribution in [1.82, 2.24) is 10.6 Å². The maximum atomic E-state index is 11.8. The van der Waals surface area contributed by atoms with Gasteiger partial charge in [-0.2, -0.15) is 13.2 Å². The molecule has 0 fully saturated rings. The number of hydrogen-bond acceptors (Lipinski definition) is 2. The fourth-order valence-corrected chi connectivity index (χ4v) is 1.69. The van der Waals surface area contributed by atoms with Crippen LogP contribution in [0.4, 0.5) is 13.2 Å². The summed E-state index contributed by atoms with van der Waals surface area (Å²) >= 11 is 0. The predicted molar refractivity (Wildman–Crippen MR) is 68.2 cm³/mol. The average Bonchev–Trinajstić information content (AvgIpc) is 2.83. The van der Waals surface area contributed by atoms with Crippen molar-refractivity contribution in [2.75, 3.05) is 26.8 Å². The van der Waals surface area contributed by atoms with E-state index in [9.17, 15) is 13.2 Å². The Morgan fingerprint density at radius 3 is 2.63 bits per heavy atom. The highest BCUT2D eigenvalue weighted by atomic mass is 19.4. The lowest BCUT2D eigenvalue weighted by atomic mass is 10.2. The van der Waals surface area contributed by atoms with Gasteiger partial charge in [-0.15, -0.1) is 0 Å². The molecule has 0 saturated heterocycles. The minimum atomic E-state index is -4.25. The van der Waals surface area contributed by atoms with Crippen LogP contribution in [-0.2, 0) is 4.74 Å². The minimum Gasteiger partial charge on any atom is -0.372 e. The Morgan fingerprint density at radius 1 is 1.37 bits per heavy atom. The van der Waals surface area contributed by atoms with E-state index < -0.39 is 12.8 Å². The first kappa shape index (κ1) is 15.8. The highest BCUT2D eigenvalue weighted by molar-refractivity contribution is 5.80. The van der Waals surface area contributed by atoms with Crippen molar-refractivity contribution < 1.29 is 17.9 Å². The van der Waals surface area contributed by atoms with Crippen LogP contribution in [0.1, 0.15) is 19.3 Å².